The molecule has 4 heteroatoms. The summed E-state index contributed by atoms with van der Waals surface area (Å²) in [6, 6.07) is 9.63. The van der Waals surface area contributed by atoms with Crippen molar-refractivity contribution in [2.24, 2.45) is 0 Å². The molecule has 0 saturated heterocycles. The number of nitrogens with one attached hydrogen (secondary N) is 1. The second kappa shape index (κ2) is 7.43. The van der Waals surface area contributed by atoms with E-state index in [9.17, 15) is 4.79 Å². The molecule has 110 valence electrons. The first kappa shape index (κ1) is 15.0. The normalized spacial score (nSPS) is 10.2. The molecule has 0 aliphatic rings. The standard InChI is InChI=1S/C17H20N2O2/c1-3-9-19-17(20)15-10-14(11-18-12-15)13-5-7-16(8-6-13)21-4-2/h5-8,10-12H,3-4,9H2,1-2H3,(H,19,20). The molecule has 1 amide bonds. The molecule has 21 heavy (non-hydrogen) atoms. The molecule has 0 atom stereocenters. The molecule has 0 spiro atoms. The average Bonchev–Trinajstić information content (AvgIpc) is 2.54. The largest absolute Gasteiger partial charge is 0.494 e. The van der Waals surface area contributed by atoms with Crippen molar-refractivity contribution < 1.29 is 9.53 Å². The third kappa shape index (κ3) is 4.05. The Bertz CT molecular complexity index is 594. The van der Waals surface area contributed by atoms with E-state index in [1.807, 2.05) is 44.2 Å². The molecule has 0 bridgehead atoms. The zero-order chi connectivity index (χ0) is 15.1. The van der Waals surface area contributed by atoms with E-state index in [1.54, 1.807) is 12.4 Å². The number of ether oxygens (including phenoxy) is 1. The summed E-state index contributed by atoms with van der Waals surface area (Å²) >= 11 is 0. The molecule has 1 aromatic heterocycles. The third-order valence-electron chi connectivity index (χ3n) is 3.03. The molecular weight excluding hydrogens is 264 g/mol. The molecule has 0 unspecified atom stereocenters. The molecule has 1 aromatic carbocycles. The number of pyridine rings is 1. The number of carbonyl (C=O) groups excluding carboxylic acids is 1. The van der Waals surface area contributed by atoms with Crippen LogP contribution >= 0.6 is 0 Å². The fraction of sp³-hybridized carbons (Fsp3) is 0.294. The summed E-state index contributed by atoms with van der Waals surface area (Å²) in [5.74, 6) is 0.753. The number of rotatable bonds is 6. The highest BCUT2D eigenvalue weighted by atomic mass is 16.5. The van der Waals surface area contributed by atoms with E-state index in [0.29, 0.717) is 18.7 Å². The summed E-state index contributed by atoms with van der Waals surface area (Å²) in [4.78, 5) is 16.1. The zero-order valence-electron chi connectivity index (χ0n) is 12.4. The van der Waals surface area contributed by atoms with Crippen LogP contribution in [0, 0.1) is 0 Å². The molecule has 0 aliphatic heterocycles. The second-order valence-corrected chi connectivity index (χ2v) is 4.68. The van der Waals surface area contributed by atoms with E-state index < -0.39 is 0 Å². The topological polar surface area (TPSA) is 51.2 Å². The van der Waals surface area contributed by atoms with Crippen LogP contribution in [0.3, 0.4) is 0 Å². The van der Waals surface area contributed by atoms with Gasteiger partial charge >= 0.3 is 0 Å². The summed E-state index contributed by atoms with van der Waals surface area (Å²) < 4.78 is 5.42. The molecule has 0 fully saturated rings. The van der Waals surface area contributed by atoms with Gasteiger partial charge in [-0.15, -0.1) is 0 Å². The highest BCUT2D eigenvalue weighted by molar-refractivity contribution is 5.95. The van der Waals surface area contributed by atoms with Crippen LogP contribution in [0.25, 0.3) is 11.1 Å². The Balaban J connectivity index is 2.18. The number of hydrogen-bond donors (Lipinski definition) is 1. The zero-order valence-corrected chi connectivity index (χ0v) is 12.4. The number of amides is 1. The Morgan fingerprint density at radius 1 is 1.14 bits per heavy atom. The van der Waals surface area contributed by atoms with E-state index in [0.717, 1.165) is 23.3 Å². The molecule has 1 heterocycles. The summed E-state index contributed by atoms with van der Waals surface area (Å²) in [5, 5.41) is 2.85. The fourth-order valence-corrected chi connectivity index (χ4v) is 1.97. The Hall–Kier alpha value is -2.36. The lowest BCUT2D eigenvalue weighted by atomic mass is 10.1. The maximum absolute atomic E-state index is 12.0. The lowest BCUT2D eigenvalue weighted by molar-refractivity contribution is 0.0953. The Labute approximate surface area is 125 Å². The highest BCUT2D eigenvalue weighted by Gasteiger charge is 2.07. The van der Waals surface area contributed by atoms with Gasteiger partial charge in [-0.2, -0.15) is 0 Å². The van der Waals surface area contributed by atoms with Gasteiger partial charge in [0.15, 0.2) is 0 Å². The van der Waals surface area contributed by atoms with Crippen molar-refractivity contribution in [3.05, 3.63) is 48.3 Å². The molecular formula is C17H20N2O2. The van der Waals surface area contributed by atoms with Gasteiger partial charge in [0.25, 0.3) is 5.91 Å². The molecule has 4 nitrogen and oxygen atoms in total. The van der Waals surface area contributed by atoms with Gasteiger partial charge in [0.05, 0.1) is 12.2 Å². The van der Waals surface area contributed by atoms with Gasteiger partial charge < -0.3 is 10.1 Å². The summed E-state index contributed by atoms with van der Waals surface area (Å²) in [7, 11) is 0. The first-order chi connectivity index (χ1) is 10.2. The van der Waals surface area contributed by atoms with E-state index in [1.165, 1.54) is 0 Å². The molecule has 0 radical (unpaired) electrons. The average molecular weight is 284 g/mol. The lowest BCUT2D eigenvalue weighted by Crippen LogP contribution is -2.24. The summed E-state index contributed by atoms with van der Waals surface area (Å²) in [5.41, 5.74) is 2.51. The number of nitrogens with zero attached hydrogens (tertiary/aromatic N) is 1. The van der Waals surface area contributed by atoms with Crippen LogP contribution in [0.4, 0.5) is 0 Å². The molecule has 1 N–H and O–H groups in total. The van der Waals surface area contributed by atoms with Crippen LogP contribution < -0.4 is 10.1 Å². The van der Waals surface area contributed by atoms with Crippen LogP contribution in [0.1, 0.15) is 30.6 Å². The monoisotopic (exact) mass is 284 g/mol. The highest BCUT2D eigenvalue weighted by Crippen LogP contribution is 2.22. The Morgan fingerprint density at radius 3 is 2.57 bits per heavy atom. The lowest BCUT2D eigenvalue weighted by Gasteiger charge is -2.07. The number of carbonyl (C=O) groups is 1. The fourth-order valence-electron chi connectivity index (χ4n) is 1.97. The predicted octanol–water partition coefficient (Wildman–Crippen LogP) is 3.29. The van der Waals surface area contributed by atoms with Crippen molar-refractivity contribution in [1.29, 1.82) is 0 Å². The minimum atomic E-state index is -0.0860. The minimum absolute atomic E-state index is 0.0860. The number of hydrogen-bond acceptors (Lipinski definition) is 3. The van der Waals surface area contributed by atoms with Crippen molar-refractivity contribution in [2.75, 3.05) is 13.2 Å². The maximum atomic E-state index is 12.0. The SMILES string of the molecule is CCCNC(=O)c1cncc(-c2ccc(OCC)cc2)c1. The molecule has 0 aliphatic carbocycles. The minimum Gasteiger partial charge on any atom is -0.494 e. The molecule has 2 rings (SSSR count). The first-order valence-electron chi connectivity index (χ1n) is 7.21. The van der Waals surface area contributed by atoms with Crippen LogP contribution in [0.5, 0.6) is 5.75 Å². The molecule has 2 aromatic rings. The quantitative estimate of drug-likeness (QED) is 0.885. The van der Waals surface area contributed by atoms with Gasteiger partial charge in [-0.05, 0) is 37.1 Å². The van der Waals surface area contributed by atoms with E-state index in [2.05, 4.69) is 10.3 Å². The second-order valence-electron chi connectivity index (χ2n) is 4.68. The van der Waals surface area contributed by atoms with E-state index in [-0.39, 0.29) is 5.91 Å². The van der Waals surface area contributed by atoms with Crippen LogP contribution in [0.15, 0.2) is 42.7 Å². The predicted molar refractivity (Wildman–Crippen MR) is 83.5 cm³/mol. The maximum Gasteiger partial charge on any atom is 0.252 e. The number of aromatic nitrogens is 1. The van der Waals surface area contributed by atoms with Crippen molar-refractivity contribution in [3.63, 3.8) is 0 Å². The van der Waals surface area contributed by atoms with Crippen LogP contribution in [0.2, 0.25) is 0 Å². The first-order valence-corrected chi connectivity index (χ1v) is 7.21. The Morgan fingerprint density at radius 2 is 1.90 bits per heavy atom. The third-order valence-corrected chi connectivity index (χ3v) is 3.03. The Kier molecular flexibility index (Phi) is 5.32. The van der Waals surface area contributed by atoms with Crippen molar-refractivity contribution in [1.82, 2.24) is 10.3 Å². The van der Waals surface area contributed by atoms with Crippen molar-refractivity contribution in [3.8, 4) is 16.9 Å². The number of benzene rings is 1. The molecule has 0 saturated carbocycles. The van der Waals surface area contributed by atoms with Gasteiger partial charge in [0, 0.05) is 24.5 Å². The summed E-state index contributed by atoms with van der Waals surface area (Å²) in [6.07, 6.45) is 4.26. The van der Waals surface area contributed by atoms with E-state index in [4.69, 9.17) is 4.74 Å². The smallest absolute Gasteiger partial charge is 0.252 e. The van der Waals surface area contributed by atoms with Gasteiger partial charge in [-0.3, -0.25) is 9.78 Å². The van der Waals surface area contributed by atoms with E-state index >= 15 is 0 Å². The van der Waals surface area contributed by atoms with Gasteiger partial charge in [0.1, 0.15) is 5.75 Å². The van der Waals surface area contributed by atoms with Gasteiger partial charge in [-0.25, -0.2) is 0 Å². The van der Waals surface area contributed by atoms with Crippen LogP contribution in [-0.2, 0) is 0 Å². The van der Waals surface area contributed by atoms with Crippen molar-refractivity contribution in [2.45, 2.75) is 20.3 Å². The van der Waals surface area contributed by atoms with Crippen molar-refractivity contribution >= 4 is 5.91 Å². The van der Waals surface area contributed by atoms with Gasteiger partial charge in [-0.1, -0.05) is 19.1 Å². The summed E-state index contributed by atoms with van der Waals surface area (Å²) in [6.45, 7) is 5.30. The van der Waals surface area contributed by atoms with Gasteiger partial charge in [0.2, 0.25) is 0 Å². The van der Waals surface area contributed by atoms with Crippen LogP contribution in [-0.4, -0.2) is 24.0 Å².